The zero-order valence-electron chi connectivity index (χ0n) is 9.51. The van der Waals surface area contributed by atoms with Gasteiger partial charge in [-0.3, -0.25) is 4.79 Å². The SMILES string of the molecule is O=C(Cc1ccc(Cl)cc1)NC1(CCl)CCC1. The minimum Gasteiger partial charge on any atom is -0.349 e. The normalized spacial score (nSPS) is 17.3. The molecule has 0 atom stereocenters. The Hall–Kier alpha value is -0.730. The lowest BCUT2D eigenvalue weighted by Gasteiger charge is -2.41. The van der Waals surface area contributed by atoms with E-state index in [1.807, 2.05) is 12.1 Å². The molecule has 0 bridgehead atoms. The Bertz CT molecular complexity index is 393. The van der Waals surface area contributed by atoms with Crippen LogP contribution in [0.4, 0.5) is 0 Å². The van der Waals surface area contributed by atoms with Gasteiger partial charge in [0.15, 0.2) is 0 Å². The van der Waals surface area contributed by atoms with Gasteiger partial charge in [0.2, 0.25) is 5.91 Å². The van der Waals surface area contributed by atoms with Crippen LogP contribution in [0.2, 0.25) is 5.02 Å². The van der Waals surface area contributed by atoms with Crippen molar-refractivity contribution in [3.8, 4) is 0 Å². The number of carbonyl (C=O) groups is 1. The van der Waals surface area contributed by atoms with Crippen molar-refractivity contribution >= 4 is 29.1 Å². The van der Waals surface area contributed by atoms with Crippen LogP contribution in [0.5, 0.6) is 0 Å². The summed E-state index contributed by atoms with van der Waals surface area (Å²) in [6, 6.07) is 7.34. The third-order valence-corrected chi connectivity index (χ3v) is 4.01. The van der Waals surface area contributed by atoms with Gasteiger partial charge in [-0.05, 0) is 37.0 Å². The van der Waals surface area contributed by atoms with E-state index in [0.29, 0.717) is 17.3 Å². The van der Waals surface area contributed by atoms with Crippen molar-refractivity contribution in [1.82, 2.24) is 5.32 Å². The molecule has 2 nitrogen and oxygen atoms in total. The van der Waals surface area contributed by atoms with Crippen LogP contribution in [-0.2, 0) is 11.2 Å². The first-order chi connectivity index (χ1) is 8.13. The molecule has 4 heteroatoms. The molecule has 1 aromatic rings. The van der Waals surface area contributed by atoms with E-state index in [-0.39, 0.29) is 11.4 Å². The average molecular weight is 272 g/mol. The Morgan fingerprint density at radius 1 is 1.29 bits per heavy atom. The molecule has 1 saturated carbocycles. The highest BCUT2D eigenvalue weighted by Gasteiger charge is 2.37. The second kappa shape index (κ2) is 5.28. The molecule has 1 aliphatic rings. The summed E-state index contributed by atoms with van der Waals surface area (Å²) in [5.74, 6) is 0.534. The quantitative estimate of drug-likeness (QED) is 0.838. The topological polar surface area (TPSA) is 29.1 Å². The number of amides is 1. The largest absolute Gasteiger partial charge is 0.349 e. The van der Waals surface area contributed by atoms with Crippen molar-refractivity contribution in [1.29, 1.82) is 0 Å². The Labute approximate surface area is 111 Å². The van der Waals surface area contributed by atoms with Crippen molar-refractivity contribution in [2.24, 2.45) is 0 Å². The summed E-state index contributed by atoms with van der Waals surface area (Å²) >= 11 is 11.7. The summed E-state index contributed by atoms with van der Waals surface area (Å²) in [5.41, 5.74) is 0.821. The summed E-state index contributed by atoms with van der Waals surface area (Å²) in [6.07, 6.45) is 3.51. The monoisotopic (exact) mass is 271 g/mol. The van der Waals surface area contributed by atoms with Crippen LogP contribution < -0.4 is 5.32 Å². The number of hydrogen-bond acceptors (Lipinski definition) is 1. The molecule has 0 saturated heterocycles. The van der Waals surface area contributed by atoms with Crippen molar-refractivity contribution in [3.63, 3.8) is 0 Å². The van der Waals surface area contributed by atoms with Gasteiger partial charge in [-0.15, -0.1) is 11.6 Å². The molecular weight excluding hydrogens is 257 g/mol. The maximum Gasteiger partial charge on any atom is 0.224 e. The maximum absolute atomic E-state index is 11.9. The predicted octanol–water partition coefficient (Wildman–Crippen LogP) is 3.16. The molecule has 0 aliphatic heterocycles. The van der Waals surface area contributed by atoms with Gasteiger partial charge < -0.3 is 5.32 Å². The Morgan fingerprint density at radius 3 is 2.41 bits per heavy atom. The van der Waals surface area contributed by atoms with Gasteiger partial charge in [-0.25, -0.2) is 0 Å². The third kappa shape index (κ3) is 3.14. The van der Waals surface area contributed by atoms with Gasteiger partial charge in [0, 0.05) is 10.9 Å². The van der Waals surface area contributed by atoms with Gasteiger partial charge in [0.1, 0.15) is 0 Å². The van der Waals surface area contributed by atoms with E-state index in [0.717, 1.165) is 24.8 Å². The number of benzene rings is 1. The van der Waals surface area contributed by atoms with Crippen molar-refractivity contribution in [3.05, 3.63) is 34.9 Å². The molecule has 0 aromatic heterocycles. The molecule has 1 aromatic carbocycles. The number of nitrogens with one attached hydrogen (secondary N) is 1. The zero-order chi connectivity index (χ0) is 12.3. The minimum absolute atomic E-state index is 0.0349. The molecule has 1 fully saturated rings. The first-order valence-electron chi connectivity index (χ1n) is 5.75. The fourth-order valence-electron chi connectivity index (χ4n) is 2.02. The van der Waals surface area contributed by atoms with Gasteiger partial charge in [-0.2, -0.15) is 0 Å². The highest BCUT2D eigenvalue weighted by Crippen LogP contribution is 2.32. The Balaban J connectivity index is 1.91. The van der Waals surface area contributed by atoms with Crippen molar-refractivity contribution in [2.75, 3.05) is 5.88 Å². The van der Waals surface area contributed by atoms with Crippen LogP contribution in [-0.4, -0.2) is 17.3 Å². The number of hydrogen-bond donors (Lipinski definition) is 1. The van der Waals surface area contributed by atoms with Crippen LogP contribution in [0.25, 0.3) is 0 Å². The highest BCUT2D eigenvalue weighted by atomic mass is 35.5. The highest BCUT2D eigenvalue weighted by molar-refractivity contribution is 6.30. The molecule has 2 rings (SSSR count). The number of alkyl halides is 1. The first kappa shape index (κ1) is 12.7. The second-order valence-electron chi connectivity index (χ2n) is 4.62. The molecule has 92 valence electrons. The summed E-state index contributed by atoms with van der Waals surface area (Å²) in [5, 5.41) is 3.72. The van der Waals surface area contributed by atoms with Crippen LogP contribution in [0.1, 0.15) is 24.8 Å². The molecule has 0 radical (unpaired) electrons. The number of carbonyl (C=O) groups excluding carboxylic acids is 1. The molecule has 1 amide bonds. The Kier molecular flexibility index (Phi) is 3.95. The Morgan fingerprint density at radius 2 is 1.94 bits per heavy atom. The van der Waals surface area contributed by atoms with Gasteiger partial charge in [-0.1, -0.05) is 23.7 Å². The van der Waals surface area contributed by atoms with E-state index in [1.165, 1.54) is 0 Å². The lowest BCUT2D eigenvalue weighted by Crippen LogP contribution is -2.55. The van der Waals surface area contributed by atoms with E-state index >= 15 is 0 Å². The fourth-order valence-corrected chi connectivity index (χ4v) is 2.48. The van der Waals surface area contributed by atoms with Crippen LogP contribution in [0, 0.1) is 0 Å². The summed E-state index contributed by atoms with van der Waals surface area (Å²) in [7, 11) is 0. The fraction of sp³-hybridized carbons (Fsp3) is 0.462. The summed E-state index contributed by atoms with van der Waals surface area (Å²) in [6.45, 7) is 0. The molecule has 0 unspecified atom stereocenters. The zero-order valence-corrected chi connectivity index (χ0v) is 11.0. The van der Waals surface area contributed by atoms with E-state index in [4.69, 9.17) is 23.2 Å². The van der Waals surface area contributed by atoms with Crippen LogP contribution >= 0.6 is 23.2 Å². The van der Waals surface area contributed by atoms with Gasteiger partial charge in [0.25, 0.3) is 0 Å². The third-order valence-electron chi connectivity index (χ3n) is 3.25. The van der Waals surface area contributed by atoms with Gasteiger partial charge in [0.05, 0.1) is 12.0 Å². The molecule has 17 heavy (non-hydrogen) atoms. The predicted molar refractivity (Wildman–Crippen MR) is 70.6 cm³/mol. The minimum atomic E-state index is -0.148. The smallest absolute Gasteiger partial charge is 0.224 e. The van der Waals surface area contributed by atoms with Crippen molar-refractivity contribution < 1.29 is 4.79 Å². The average Bonchev–Trinajstić information content (AvgIpc) is 2.27. The second-order valence-corrected chi connectivity index (χ2v) is 5.32. The standard InChI is InChI=1S/C13H15Cl2NO/c14-9-13(6-1-7-13)16-12(17)8-10-2-4-11(15)5-3-10/h2-5H,1,6-9H2,(H,16,17). The van der Waals surface area contributed by atoms with E-state index in [9.17, 15) is 4.79 Å². The van der Waals surface area contributed by atoms with E-state index in [1.54, 1.807) is 12.1 Å². The lowest BCUT2D eigenvalue weighted by molar-refractivity contribution is -0.123. The van der Waals surface area contributed by atoms with Crippen LogP contribution in [0.15, 0.2) is 24.3 Å². The number of halogens is 2. The molecule has 0 heterocycles. The van der Waals surface area contributed by atoms with Crippen molar-refractivity contribution in [2.45, 2.75) is 31.2 Å². The maximum atomic E-state index is 11.9. The summed E-state index contributed by atoms with van der Waals surface area (Å²) < 4.78 is 0. The van der Waals surface area contributed by atoms with E-state index in [2.05, 4.69) is 5.32 Å². The van der Waals surface area contributed by atoms with Crippen LogP contribution in [0.3, 0.4) is 0 Å². The lowest BCUT2D eigenvalue weighted by atomic mass is 9.78. The van der Waals surface area contributed by atoms with E-state index < -0.39 is 0 Å². The first-order valence-corrected chi connectivity index (χ1v) is 6.66. The van der Waals surface area contributed by atoms with Gasteiger partial charge >= 0.3 is 0 Å². The molecule has 0 spiro atoms. The summed E-state index contributed by atoms with van der Waals surface area (Å²) in [4.78, 5) is 11.9. The number of rotatable bonds is 4. The molecular formula is C13H15Cl2NO. The molecule has 1 N–H and O–H groups in total. The molecule has 1 aliphatic carbocycles.